The van der Waals surface area contributed by atoms with Crippen molar-refractivity contribution in [2.45, 2.75) is 45.2 Å². The van der Waals surface area contributed by atoms with Gasteiger partial charge in [0.1, 0.15) is 11.9 Å². The number of nitrogens with zero attached hydrogens (tertiary/aromatic N) is 3. The minimum absolute atomic E-state index is 0.0875. The average molecular weight is 369 g/mol. The van der Waals surface area contributed by atoms with Gasteiger partial charge in [0.2, 0.25) is 15.9 Å². The summed E-state index contributed by atoms with van der Waals surface area (Å²) >= 11 is 0. The Hall–Kier alpha value is -1.67. The number of aromatic nitrogens is 1. The highest BCUT2D eigenvalue weighted by atomic mass is 32.2. The number of rotatable bonds is 7. The summed E-state index contributed by atoms with van der Waals surface area (Å²) < 4.78 is 26.3. The number of anilines is 1. The fraction of sp³-hybridized carbons (Fsp3) is 0.647. The van der Waals surface area contributed by atoms with Crippen LogP contribution in [0.1, 0.15) is 38.2 Å². The van der Waals surface area contributed by atoms with Gasteiger partial charge < -0.3 is 10.2 Å². The predicted octanol–water partition coefficient (Wildman–Crippen LogP) is 1.36. The van der Waals surface area contributed by atoms with E-state index in [1.54, 1.807) is 6.20 Å². The summed E-state index contributed by atoms with van der Waals surface area (Å²) in [5.74, 6) is 0.652. The van der Waals surface area contributed by atoms with Crippen molar-refractivity contribution in [3.05, 3.63) is 23.9 Å². The molecule has 0 radical (unpaired) electrons. The quantitative estimate of drug-likeness (QED) is 0.786. The van der Waals surface area contributed by atoms with Crippen molar-refractivity contribution in [3.8, 4) is 0 Å². The smallest absolute Gasteiger partial charge is 0.238 e. The van der Waals surface area contributed by atoms with E-state index in [-0.39, 0.29) is 11.7 Å². The first-order chi connectivity index (χ1) is 11.9. The van der Waals surface area contributed by atoms with Crippen LogP contribution < -0.4 is 10.2 Å². The van der Waals surface area contributed by atoms with Crippen LogP contribution in [0, 0.1) is 0 Å². The van der Waals surface area contributed by atoms with Gasteiger partial charge >= 0.3 is 0 Å². The molecule has 1 N–H and O–H groups in total. The highest BCUT2D eigenvalue weighted by Gasteiger charge is 2.36. The Morgan fingerprint density at radius 3 is 2.84 bits per heavy atom. The van der Waals surface area contributed by atoms with Crippen molar-refractivity contribution >= 4 is 21.7 Å². The Balaban J connectivity index is 2.08. The first kappa shape index (κ1) is 19.7. The van der Waals surface area contributed by atoms with Gasteiger partial charge in [-0.05, 0) is 25.3 Å². The number of amides is 1. The van der Waals surface area contributed by atoms with E-state index >= 15 is 0 Å². The van der Waals surface area contributed by atoms with E-state index in [4.69, 9.17) is 0 Å². The van der Waals surface area contributed by atoms with E-state index in [1.807, 2.05) is 38.1 Å². The van der Waals surface area contributed by atoms with Crippen LogP contribution in [0.5, 0.6) is 0 Å². The lowest BCUT2D eigenvalue weighted by Gasteiger charge is -2.33. The number of carbonyl (C=O) groups excluding carboxylic acids is 1. The second-order valence-corrected chi connectivity index (χ2v) is 8.58. The monoisotopic (exact) mass is 368 g/mol. The molecule has 1 aromatic rings. The molecule has 1 aliphatic heterocycles. The number of piperidine rings is 1. The third kappa shape index (κ3) is 4.92. The molecule has 0 aromatic carbocycles. The third-order valence-corrected chi connectivity index (χ3v) is 6.40. The zero-order chi connectivity index (χ0) is 18.4. The highest BCUT2D eigenvalue weighted by molar-refractivity contribution is 7.89. The summed E-state index contributed by atoms with van der Waals surface area (Å²) in [6.45, 7) is 2.59. The second kappa shape index (κ2) is 8.62. The van der Waals surface area contributed by atoms with Crippen LogP contribution in [-0.2, 0) is 21.4 Å². The zero-order valence-corrected chi connectivity index (χ0v) is 16.1. The van der Waals surface area contributed by atoms with Crippen molar-refractivity contribution in [3.63, 3.8) is 0 Å². The van der Waals surface area contributed by atoms with Gasteiger partial charge in [0.25, 0.3) is 0 Å². The van der Waals surface area contributed by atoms with E-state index in [0.717, 1.165) is 24.2 Å². The van der Waals surface area contributed by atoms with Gasteiger partial charge in [-0.1, -0.05) is 19.4 Å². The Labute approximate surface area is 150 Å². The van der Waals surface area contributed by atoms with Crippen molar-refractivity contribution in [2.75, 3.05) is 31.3 Å². The van der Waals surface area contributed by atoms with E-state index in [2.05, 4.69) is 10.3 Å². The summed E-state index contributed by atoms with van der Waals surface area (Å²) in [7, 11) is 0.413. The maximum absolute atomic E-state index is 12.7. The van der Waals surface area contributed by atoms with Gasteiger partial charge in [-0.2, -0.15) is 4.31 Å². The molecular weight excluding hydrogens is 340 g/mol. The molecule has 0 spiro atoms. The maximum atomic E-state index is 12.7. The molecule has 7 nitrogen and oxygen atoms in total. The predicted molar refractivity (Wildman–Crippen MR) is 98.8 cm³/mol. The molecule has 1 aromatic heterocycles. The Kier molecular flexibility index (Phi) is 6.78. The number of nitrogens with one attached hydrogen (secondary N) is 1. The molecule has 0 bridgehead atoms. The summed E-state index contributed by atoms with van der Waals surface area (Å²) in [5.41, 5.74) is 0.902. The standard InChI is InChI=1S/C17H28N4O3S/c1-4-12-25(23,24)21-11-6-5-9-15(21)17(22)19-13-14-8-7-10-18-16(14)20(2)3/h7-8,10,15H,4-6,9,11-13H2,1-3H3,(H,19,22). The number of hydrogen-bond acceptors (Lipinski definition) is 5. The molecule has 0 aliphatic carbocycles. The lowest BCUT2D eigenvalue weighted by Crippen LogP contribution is -2.52. The van der Waals surface area contributed by atoms with Crippen LogP contribution in [0.3, 0.4) is 0 Å². The van der Waals surface area contributed by atoms with E-state index < -0.39 is 16.1 Å². The van der Waals surface area contributed by atoms with Crippen molar-refractivity contribution in [2.24, 2.45) is 0 Å². The molecule has 1 amide bonds. The highest BCUT2D eigenvalue weighted by Crippen LogP contribution is 2.22. The van der Waals surface area contributed by atoms with Gasteiger partial charge in [0.05, 0.1) is 5.75 Å². The molecule has 0 saturated carbocycles. The number of sulfonamides is 1. The zero-order valence-electron chi connectivity index (χ0n) is 15.2. The number of carbonyl (C=O) groups is 1. The summed E-state index contributed by atoms with van der Waals surface area (Å²) in [6.07, 6.45) is 4.50. The van der Waals surface area contributed by atoms with Crippen LogP contribution in [0.2, 0.25) is 0 Å². The molecule has 1 aliphatic rings. The van der Waals surface area contributed by atoms with Gasteiger partial charge in [0.15, 0.2) is 0 Å². The van der Waals surface area contributed by atoms with Crippen LogP contribution in [-0.4, -0.2) is 56.0 Å². The minimum Gasteiger partial charge on any atom is -0.362 e. The van der Waals surface area contributed by atoms with Gasteiger partial charge in [-0.15, -0.1) is 0 Å². The van der Waals surface area contributed by atoms with Gasteiger partial charge in [-0.3, -0.25) is 4.79 Å². The fourth-order valence-electron chi connectivity index (χ4n) is 3.15. The molecule has 1 atom stereocenters. The lowest BCUT2D eigenvalue weighted by atomic mass is 10.0. The van der Waals surface area contributed by atoms with Crippen LogP contribution in [0.25, 0.3) is 0 Å². The van der Waals surface area contributed by atoms with Crippen LogP contribution in [0.15, 0.2) is 18.3 Å². The maximum Gasteiger partial charge on any atom is 0.238 e. The van der Waals surface area contributed by atoms with Crippen LogP contribution >= 0.6 is 0 Å². The summed E-state index contributed by atoms with van der Waals surface area (Å²) in [6, 6.07) is 3.13. The first-order valence-electron chi connectivity index (χ1n) is 8.75. The molecule has 25 heavy (non-hydrogen) atoms. The van der Waals surface area contributed by atoms with E-state index in [0.29, 0.717) is 25.9 Å². The normalized spacial score (nSPS) is 18.8. The SMILES string of the molecule is CCCS(=O)(=O)N1CCCCC1C(=O)NCc1cccnc1N(C)C. The second-order valence-electron chi connectivity index (χ2n) is 6.54. The van der Waals surface area contributed by atoms with Crippen molar-refractivity contribution < 1.29 is 13.2 Å². The Morgan fingerprint density at radius 2 is 2.16 bits per heavy atom. The molecule has 1 unspecified atom stereocenters. The molecular formula is C17H28N4O3S. The number of hydrogen-bond donors (Lipinski definition) is 1. The molecule has 1 fully saturated rings. The molecule has 8 heteroatoms. The number of pyridine rings is 1. The molecule has 2 rings (SSSR count). The Morgan fingerprint density at radius 1 is 1.40 bits per heavy atom. The lowest BCUT2D eigenvalue weighted by molar-refractivity contribution is -0.125. The van der Waals surface area contributed by atoms with Gasteiger partial charge in [0, 0.05) is 38.9 Å². The van der Waals surface area contributed by atoms with Gasteiger partial charge in [-0.25, -0.2) is 13.4 Å². The molecule has 2 heterocycles. The summed E-state index contributed by atoms with van der Waals surface area (Å²) in [5, 5.41) is 2.90. The van der Waals surface area contributed by atoms with E-state index in [9.17, 15) is 13.2 Å². The van der Waals surface area contributed by atoms with E-state index in [1.165, 1.54) is 4.31 Å². The minimum atomic E-state index is -3.38. The van der Waals surface area contributed by atoms with Crippen molar-refractivity contribution in [1.29, 1.82) is 0 Å². The molecule has 1 saturated heterocycles. The first-order valence-corrected chi connectivity index (χ1v) is 10.4. The topological polar surface area (TPSA) is 82.6 Å². The molecule has 140 valence electrons. The summed E-state index contributed by atoms with van der Waals surface area (Å²) in [4.78, 5) is 18.9. The Bertz CT molecular complexity index is 691. The van der Waals surface area contributed by atoms with Crippen LogP contribution in [0.4, 0.5) is 5.82 Å². The third-order valence-electron chi connectivity index (χ3n) is 4.32. The largest absolute Gasteiger partial charge is 0.362 e. The fourth-order valence-corrected chi connectivity index (χ4v) is 4.89. The average Bonchev–Trinajstić information content (AvgIpc) is 2.59. The van der Waals surface area contributed by atoms with Crippen molar-refractivity contribution in [1.82, 2.24) is 14.6 Å².